The van der Waals surface area contributed by atoms with Gasteiger partial charge in [-0.1, -0.05) is 6.07 Å². The van der Waals surface area contributed by atoms with Crippen LogP contribution < -0.4 is 15.6 Å². The number of benzene rings is 1. The largest absolute Gasteiger partial charge is 0.444 e. The van der Waals surface area contributed by atoms with Crippen LogP contribution in [-0.4, -0.2) is 51.5 Å². The summed E-state index contributed by atoms with van der Waals surface area (Å²) in [6.45, 7) is 1.71. The second kappa shape index (κ2) is 7.78. The fourth-order valence-electron chi connectivity index (χ4n) is 2.48. The Morgan fingerprint density at radius 3 is 3.00 bits per heavy atom. The molecule has 10 nitrogen and oxygen atoms in total. The van der Waals surface area contributed by atoms with Crippen LogP contribution in [0.15, 0.2) is 30.5 Å². The van der Waals surface area contributed by atoms with Crippen LogP contribution in [0.2, 0.25) is 0 Å². The third kappa shape index (κ3) is 4.45. The Morgan fingerprint density at radius 2 is 2.23 bits per heavy atom. The van der Waals surface area contributed by atoms with Gasteiger partial charge in [0.05, 0.1) is 12.2 Å². The molecule has 0 saturated carbocycles. The molecule has 0 bridgehead atoms. The molecule has 0 radical (unpaired) electrons. The van der Waals surface area contributed by atoms with E-state index in [2.05, 4.69) is 15.8 Å². The molecule has 1 aromatic heterocycles. The van der Waals surface area contributed by atoms with Crippen LogP contribution in [0.1, 0.15) is 0 Å². The van der Waals surface area contributed by atoms with Gasteiger partial charge in [-0.05, 0) is 23.1 Å². The number of ether oxygens (including phenoxy) is 1. The van der Waals surface area contributed by atoms with Gasteiger partial charge in [-0.15, -0.1) is 0 Å². The Hall–Kier alpha value is -3.21. The molecule has 0 fully saturated rings. The minimum absolute atomic E-state index is 0.0950. The highest BCUT2D eigenvalue weighted by atomic mass is 19.1. The van der Waals surface area contributed by atoms with Crippen LogP contribution >= 0.6 is 0 Å². The number of nitro groups is 1. The molecule has 0 spiro atoms. The zero-order valence-electron chi connectivity index (χ0n) is 13.7. The van der Waals surface area contributed by atoms with Crippen molar-refractivity contribution < 1.29 is 18.8 Å². The number of carbonyl (C=O) groups is 1. The lowest BCUT2D eigenvalue weighted by Crippen LogP contribution is -2.43. The second-order valence-electron chi connectivity index (χ2n) is 5.64. The van der Waals surface area contributed by atoms with E-state index in [4.69, 9.17) is 4.74 Å². The van der Waals surface area contributed by atoms with Gasteiger partial charge in [-0.2, -0.15) is 0 Å². The number of nitrogens with zero attached hydrogens (tertiary/aromatic N) is 4. The average Bonchev–Trinajstić information content (AvgIpc) is 2.98. The first-order valence-corrected chi connectivity index (χ1v) is 7.88. The maximum atomic E-state index is 13.1. The van der Waals surface area contributed by atoms with Gasteiger partial charge in [0.1, 0.15) is 18.6 Å². The van der Waals surface area contributed by atoms with E-state index in [1.165, 1.54) is 24.4 Å². The maximum Gasteiger partial charge on any atom is 0.414 e. The van der Waals surface area contributed by atoms with Crippen LogP contribution in [0.25, 0.3) is 0 Å². The van der Waals surface area contributed by atoms with Gasteiger partial charge in [0, 0.05) is 24.6 Å². The molecular weight excluding hydrogens is 347 g/mol. The van der Waals surface area contributed by atoms with E-state index in [0.29, 0.717) is 25.3 Å². The molecule has 0 aliphatic carbocycles. The highest BCUT2D eigenvalue weighted by Crippen LogP contribution is 2.18. The number of hydrogen-bond donors (Lipinski definition) is 2. The Labute approximate surface area is 147 Å². The fraction of sp³-hybridized carbons (Fsp3) is 0.333. The van der Waals surface area contributed by atoms with Crippen molar-refractivity contribution in [1.82, 2.24) is 19.9 Å². The van der Waals surface area contributed by atoms with Crippen molar-refractivity contribution in [2.45, 2.75) is 6.54 Å². The predicted molar refractivity (Wildman–Crippen MR) is 89.0 cm³/mol. The number of halogens is 1. The van der Waals surface area contributed by atoms with Gasteiger partial charge in [-0.25, -0.2) is 4.39 Å². The Morgan fingerprint density at radius 1 is 1.38 bits per heavy atom. The Bertz CT molecular complexity index is 811. The number of imidazole rings is 1. The van der Waals surface area contributed by atoms with E-state index < -0.39 is 10.7 Å². The van der Waals surface area contributed by atoms with Crippen LogP contribution in [-0.2, 0) is 11.3 Å². The Balaban J connectivity index is 1.52. The average molecular weight is 364 g/mol. The minimum Gasteiger partial charge on any atom is -0.444 e. The number of rotatable bonds is 5. The summed E-state index contributed by atoms with van der Waals surface area (Å²) >= 11 is 0. The van der Waals surface area contributed by atoms with Gasteiger partial charge < -0.3 is 14.9 Å². The first-order valence-electron chi connectivity index (χ1n) is 7.88. The van der Waals surface area contributed by atoms with Crippen molar-refractivity contribution >= 4 is 17.4 Å². The van der Waals surface area contributed by atoms with Gasteiger partial charge >= 0.3 is 11.8 Å². The standard InChI is InChI=1S/C15H17FN6O4/c16-11-2-1-3-12(8-11)18-19-14(23)10-20-4-5-21-9-13(22(24)25)17-15(21)26-7-6-20/h1-3,8-9,18H,4-7,10H2,(H,19,23). The third-order valence-corrected chi connectivity index (χ3v) is 3.75. The summed E-state index contributed by atoms with van der Waals surface area (Å²) in [4.78, 5) is 27.9. The topological polar surface area (TPSA) is 115 Å². The van der Waals surface area contributed by atoms with Crippen molar-refractivity contribution in [3.8, 4) is 6.01 Å². The molecule has 2 heterocycles. The van der Waals surface area contributed by atoms with Gasteiger partial charge in [0.2, 0.25) is 0 Å². The number of hydrazine groups is 1. The molecular formula is C15H17FN6O4. The van der Waals surface area contributed by atoms with E-state index in [0.717, 1.165) is 0 Å². The van der Waals surface area contributed by atoms with Gasteiger partial charge in [0.15, 0.2) is 0 Å². The smallest absolute Gasteiger partial charge is 0.414 e. The summed E-state index contributed by atoms with van der Waals surface area (Å²) in [5, 5.41) is 10.8. The molecule has 1 aliphatic heterocycles. The summed E-state index contributed by atoms with van der Waals surface area (Å²) in [5.41, 5.74) is 5.58. The number of nitrogens with one attached hydrogen (secondary N) is 2. The summed E-state index contributed by atoms with van der Waals surface area (Å²) in [6, 6.07) is 5.93. The number of amides is 1. The second-order valence-corrected chi connectivity index (χ2v) is 5.64. The highest BCUT2D eigenvalue weighted by molar-refractivity contribution is 5.79. The normalized spacial score (nSPS) is 14.5. The van der Waals surface area contributed by atoms with Gasteiger partial charge in [-0.3, -0.25) is 25.1 Å². The van der Waals surface area contributed by atoms with Crippen molar-refractivity contribution in [3.05, 3.63) is 46.4 Å². The van der Waals surface area contributed by atoms with E-state index >= 15 is 0 Å². The number of aromatic nitrogens is 2. The third-order valence-electron chi connectivity index (χ3n) is 3.75. The highest BCUT2D eigenvalue weighted by Gasteiger charge is 2.23. The summed E-state index contributed by atoms with van der Waals surface area (Å²) in [5.74, 6) is -0.979. The maximum absolute atomic E-state index is 13.1. The predicted octanol–water partition coefficient (Wildman–Crippen LogP) is 0.768. The molecule has 0 atom stereocenters. The number of hydrogen-bond acceptors (Lipinski definition) is 7. The first kappa shape index (κ1) is 17.6. The van der Waals surface area contributed by atoms with Crippen LogP contribution in [0.3, 0.4) is 0 Å². The van der Waals surface area contributed by atoms with Gasteiger partial charge in [0.25, 0.3) is 5.91 Å². The summed E-state index contributed by atoms with van der Waals surface area (Å²) in [6.07, 6.45) is 1.31. The van der Waals surface area contributed by atoms with E-state index in [-0.39, 0.29) is 30.9 Å². The van der Waals surface area contributed by atoms with Crippen molar-refractivity contribution in [3.63, 3.8) is 0 Å². The monoisotopic (exact) mass is 364 g/mol. The Kier molecular flexibility index (Phi) is 5.27. The van der Waals surface area contributed by atoms with Crippen molar-refractivity contribution in [1.29, 1.82) is 0 Å². The van der Waals surface area contributed by atoms with E-state index in [1.54, 1.807) is 10.6 Å². The number of carbonyl (C=O) groups excluding carboxylic acids is 1. The SMILES string of the molecule is O=C(CN1CCOc2nc([N+](=O)[O-])cn2CC1)NNc1cccc(F)c1. The molecule has 11 heteroatoms. The molecule has 1 aromatic carbocycles. The molecule has 2 N–H and O–H groups in total. The zero-order valence-corrected chi connectivity index (χ0v) is 13.7. The van der Waals surface area contributed by atoms with Crippen LogP contribution in [0.4, 0.5) is 15.9 Å². The zero-order chi connectivity index (χ0) is 18.5. The van der Waals surface area contributed by atoms with E-state index in [9.17, 15) is 19.3 Å². The molecule has 26 heavy (non-hydrogen) atoms. The van der Waals surface area contributed by atoms with Crippen LogP contribution in [0.5, 0.6) is 6.01 Å². The fourth-order valence-corrected chi connectivity index (χ4v) is 2.48. The van der Waals surface area contributed by atoms with E-state index in [1.807, 2.05) is 4.90 Å². The van der Waals surface area contributed by atoms with Crippen molar-refractivity contribution in [2.24, 2.45) is 0 Å². The number of fused-ring (bicyclic) bond motifs is 1. The lowest BCUT2D eigenvalue weighted by Gasteiger charge is -2.23. The summed E-state index contributed by atoms with van der Waals surface area (Å²) < 4.78 is 20.1. The number of anilines is 1. The molecule has 1 amide bonds. The minimum atomic E-state index is -0.579. The molecule has 138 valence electrons. The van der Waals surface area contributed by atoms with Crippen molar-refractivity contribution in [2.75, 3.05) is 31.7 Å². The molecule has 2 aromatic rings. The quantitative estimate of drug-likeness (QED) is 0.595. The molecule has 3 rings (SSSR count). The lowest BCUT2D eigenvalue weighted by atomic mass is 10.3. The molecule has 1 aliphatic rings. The molecule has 0 saturated heterocycles. The molecule has 0 unspecified atom stereocenters. The summed E-state index contributed by atoms with van der Waals surface area (Å²) in [7, 11) is 0. The van der Waals surface area contributed by atoms with Crippen LogP contribution in [0, 0.1) is 15.9 Å². The lowest BCUT2D eigenvalue weighted by molar-refractivity contribution is -0.389. The first-order chi connectivity index (χ1) is 12.5.